The Kier molecular flexibility index (Phi) is 4.43. The molecule has 0 fully saturated rings. The van der Waals surface area contributed by atoms with Crippen molar-refractivity contribution in [3.05, 3.63) is 22.6 Å². The van der Waals surface area contributed by atoms with E-state index in [2.05, 4.69) is 35.8 Å². The highest BCUT2D eigenvalue weighted by Gasteiger charge is 2.32. The molecule has 144 valence electrons. The van der Waals surface area contributed by atoms with Crippen LogP contribution < -0.4 is 0 Å². The predicted molar refractivity (Wildman–Crippen MR) is 105 cm³/mol. The van der Waals surface area contributed by atoms with Crippen molar-refractivity contribution < 1.29 is 9.90 Å². The van der Waals surface area contributed by atoms with Gasteiger partial charge in [-0.15, -0.1) is 16.4 Å². The first-order valence-electron chi connectivity index (χ1n) is 9.31. The minimum Gasteiger partial charge on any atom is -0.395 e. The minimum atomic E-state index is -0.294. The molecule has 1 unspecified atom stereocenters. The van der Waals surface area contributed by atoms with Gasteiger partial charge in [0.25, 0.3) is 5.91 Å². The average molecular weight is 388 g/mol. The van der Waals surface area contributed by atoms with Gasteiger partial charge in [0.2, 0.25) is 5.82 Å². The van der Waals surface area contributed by atoms with E-state index in [9.17, 15) is 4.79 Å². The summed E-state index contributed by atoms with van der Waals surface area (Å²) in [5.74, 6) is 0.512. The topological polar surface area (TPSA) is 83.6 Å². The third-order valence-electron chi connectivity index (χ3n) is 5.58. The van der Waals surface area contributed by atoms with Crippen molar-refractivity contribution in [3.8, 4) is 0 Å². The number of amides is 1. The van der Waals surface area contributed by atoms with E-state index in [0.717, 1.165) is 29.5 Å². The normalized spacial score (nSPS) is 17.4. The van der Waals surface area contributed by atoms with Gasteiger partial charge in [-0.3, -0.25) is 4.79 Å². The van der Waals surface area contributed by atoms with Crippen molar-refractivity contribution >= 4 is 33.1 Å². The van der Waals surface area contributed by atoms with Crippen LogP contribution in [-0.2, 0) is 12.8 Å². The molecule has 4 rings (SSSR count). The summed E-state index contributed by atoms with van der Waals surface area (Å²) in [6.07, 6.45) is 4.88. The zero-order valence-electron chi connectivity index (χ0n) is 16.2. The van der Waals surface area contributed by atoms with E-state index in [4.69, 9.17) is 5.11 Å². The lowest BCUT2D eigenvalue weighted by Gasteiger charge is -2.33. The molecular formula is C19H25N5O2S. The predicted octanol–water partition coefficient (Wildman–Crippen LogP) is 2.55. The van der Waals surface area contributed by atoms with Gasteiger partial charge in [-0.1, -0.05) is 20.8 Å². The largest absolute Gasteiger partial charge is 0.395 e. The van der Waals surface area contributed by atoms with E-state index in [-0.39, 0.29) is 24.9 Å². The lowest BCUT2D eigenvalue weighted by atomic mass is 9.72. The fourth-order valence-corrected chi connectivity index (χ4v) is 5.09. The summed E-state index contributed by atoms with van der Waals surface area (Å²) in [5.41, 5.74) is 2.32. The first kappa shape index (κ1) is 18.3. The lowest BCUT2D eigenvalue weighted by molar-refractivity contribution is 0.0755. The Hall–Kier alpha value is -2.06. The molecule has 1 atom stereocenters. The van der Waals surface area contributed by atoms with E-state index in [1.54, 1.807) is 29.2 Å². The number of nitrogens with zero attached hydrogens (tertiary/aromatic N) is 5. The molecule has 1 amide bonds. The van der Waals surface area contributed by atoms with Gasteiger partial charge < -0.3 is 10.0 Å². The molecule has 1 aliphatic carbocycles. The van der Waals surface area contributed by atoms with Gasteiger partial charge >= 0.3 is 0 Å². The third-order valence-corrected chi connectivity index (χ3v) is 6.75. The highest BCUT2D eigenvalue weighted by Crippen LogP contribution is 2.43. The minimum absolute atomic E-state index is 0.0889. The zero-order chi connectivity index (χ0) is 19.3. The van der Waals surface area contributed by atoms with Gasteiger partial charge in [0.15, 0.2) is 5.65 Å². The molecule has 8 heteroatoms. The summed E-state index contributed by atoms with van der Waals surface area (Å²) in [7, 11) is 1.64. The number of aliphatic hydroxyl groups is 1. The molecular weight excluding hydrogens is 362 g/mol. The highest BCUT2D eigenvalue weighted by molar-refractivity contribution is 7.19. The molecule has 0 bridgehead atoms. The second-order valence-corrected chi connectivity index (χ2v) is 9.47. The Morgan fingerprint density at radius 1 is 1.44 bits per heavy atom. The summed E-state index contributed by atoms with van der Waals surface area (Å²) in [4.78, 5) is 25.4. The monoisotopic (exact) mass is 387 g/mol. The Balaban J connectivity index is 1.78. The maximum Gasteiger partial charge on any atom is 0.293 e. The van der Waals surface area contributed by atoms with Crippen LogP contribution in [-0.4, -0.2) is 55.7 Å². The number of aryl methyl sites for hydroxylation is 1. The van der Waals surface area contributed by atoms with Gasteiger partial charge in [-0.2, -0.15) is 0 Å². The van der Waals surface area contributed by atoms with Crippen molar-refractivity contribution in [1.29, 1.82) is 0 Å². The van der Waals surface area contributed by atoms with Gasteiger partial charge in [0, 0.05) is 18.5 Å². The number of carbonyl (C=O) groups is 1. The second kappa shape index (κ2) is 6.53. The van der Waals surface area contributed by atoms with Crippen LogP contribution >= 0.6 is 11.3 Å². The van der Waals surface area contributed by atoms with Crippen molar-refractivity contribution in [2.24, 2.45) is 11.3 Å². The second-order valence-electron chi connectivity index (χ2n) is 8.39. The van der Waals surface area contributed by atoms with Crippen LogP contribution in [0.25, 0.3) is 15.9 Å². The smallest absolute Gasteiger partial charge is 0.293 e. The van der Waals surface area contributed by atoms with Crippen LogP contribution in [0.2, 0.25) is 0 Å². The van der Waals surface area contributed by atoms with Crippen molar-refractivity contribution in [2.45, 2.75) is 40.0 Å². The number of rotatable bonds is 3. The molecule has 1 N–H and O–H groups in total. The van der Waals surface area contributed by atoms with E-state index < -0.39 is 0 Å². The molecule has 0 aromatic carbocycles. The molecule has 0 radical (unpaired) electrons. The van der Waals surface area contributed by atoms with Gasteiger partial charge in [0.05, 0.1) is 12.0 Å². The molecule has 3 heterocycles. The maximum atomic E-state index is 12.5. The molecule has 0 saturated heterocycles. The van der Waals surface area contributed by atoms with Crippen LogP contribution in [0.3, 0.4) is 0 Å². The summed E-state index contributed by atoms with van der Waals surface area (Å²) < 4.78 is 1.60. The lowest BCUT2D eigenvalue weighted by Crippen LogP contribution is -2.30. The van der Waals surface area contributed by atoms with Crippen molar-refractivity contribution in [2.75, 3.05) is 20.2 Å². The quantitative estimate of drug-likeness (QED) is 0.747. The van der Waals surface area contributed by atoms with Gasteiger partial charge in [-0.05, 0) is 36.2 Å². The molecule has 3 aromatic heterocycles. The van der Waals surface area contributed by atoms with Crippen LogP contribution in [0.15, 0.2) is 6.33 Å². The molecule has 0 aliphatic heterocycles. The maximum absolute atomic E-state index is 12.5. The SMILES string of the molecule is CN(CCO)C(=O)c1nc2c3c4c(sc3ncn2n1)CC(C(C)(C)C)CC4. The Morgan fingerprint density at radius 3 is 2.93 bits per heavy atom. The Labute approximate surface area is 162 Å². The van der Waals surface area contributed by atoms with Gasteiger partial charge in [-0.25, -0.2) is 14.5 Å². The molecule has 1 aliphatic rings. The number of aromatic nitrogens is 4. The van der Waals surface area contributed by atoms with Crippen LogP contribution in [0.4, 0.5) is 0 Å². The van der Waals surface area contributed by atoms with Crippen LogP contribution in [0.5, 0.6) is 0 Å². The summed E-state index contributed by atoms with van der Waals surface area (Å²) in [5, 5.41) is 14.4. The number of aliphatic hydroxyl groups excluding tert-OH is 1. The Morgan fingerprint density at radius 2 is 2.22 bits per heavy atom. The first-order chi connectivity index (χ1) is 12.8. The summed E-state index contributed by atoms with van der Waals surface area (Å²) >= 11 is 1.75. The fourth-order valence-electron chi connectivity index (χ4n) is 3.83. The third kappa shape index (κ3) is 3.10. The van der Waals surface area contributed by atoms with Gasteiger partial charge in [0.1, 0.15) is 11.2 Å². The van der Waals surface area contributed by atoms with E-state index >= 15 is 0 Å². The number of thiophene rings is 1. The summed E-state index contributed by atoms with van der Waals surface area (Å²) in [6.45, 7) is 7.10. The van der Waals surface area contributed by atoms with E-state index in [1.165, 1.54) is 15.3 Å². The van der Waals surface area contributed by atoms with Crippen LogP contribution in [0.1, 0.15) is 48.3 Å². The van der Waals surface area contributed by atoms with E-state index in [1.807, 2.05) is 0 Å². The zero-order valence-corrected chi connectivity index (χ0v) is 17.0. The van der Waals surface area contributed by atoms with E-state index in [0.29, 0.717) is 17.0 Å². The Bertz CT molecular complexity index is 1020. The first-order valence-corrected chi connectivity index (χ1v) is 10.1. The number of fused-ring (bicyclic) bond motifs is 5. The number of likely N-dealkylation sites (N-methyl/N-ethyl adjacent to an activating group) is 1. The average Bonchev–Trinajstić information content (AvgIpc) is 3.20. The van der Waals surface area contributed by atoms with Crippen LogP contribution in [0, 0.1) is 11.3 Å². The molecule has 3 aromatic rings. The molecule has 0 saturated carbocycles. The van der Waals surface area contributed by atoms with Crippen molar-refractivity contribution in [3.63, 3.8) is 0 Å². The molecule has 7 nitrogen and oxygen atoms in total. The standard InChI is InChI=1S/C19H25N5O2S/c1-19(2,3)11-5-6-12-13(9-11)27-17-14(12)16-21-15(22-24(16)10-20-17)18(26)23(4)7-8-25/h10-11,25H,5-9H2,1-4H3. The number of carbonyl (C=O) groups excluding carboxylic acids is 1. The molecule has 0 spiro atoms. The highest BCUT2D eigenvalue weighted by atomic mass is 32.1. The summed E-state index contributed by atoms with van der Waals surface area (Å²) in [6, 6.07) is 0. The molecule has 27 heavy (non-hydrogen) atoms. The number of hydrogen-bond acceptors (Lipinski definition) is 6. The fraction of sp³-hybridized carbons (Fsp3) is 0.579. The number of hydrogen-bond donors (Lipinski definition) is 1. The van der Waals surface area contributed by atoms with Crippen molar-refractivity contribution in [1.82, 2.24) is 24.5 Å².